The summed E-state index contributed by atoms with van der Waals surface area (Å²) in [4.78, 5) is 8.78. The Hall–Kier alpha value is -2.08. The molecule has 3 rings (SSSR count). The average molecular weight is 333 g/mol. The minimum absolute atomic E-state index is 0.395. The predicted octanol–water partition coefficient (Wildman–Crippen LogP) is 3.08. The number of nitrogens with two attached hydrogens (primary N) is 1. The number of fused-ring (bicyclic) bond motifs is 1. The SMILES string of the molecule is COc1ccc2nc(N)n(-c3cc(C)ccc3Br)c2n1. The zero-order valence-corrected chi connectivity index (χ0v) is 12.7. The number of nitrogens with zero attached hydrogens (tertiary/aromatic N) is 3. The van der Waals surface area contributed by atoms with Gasteiger partial charge in [0.2, 0.25) is 11.8 Å². The number of hydrogen-bond acceptors (Lipinski definition) is 4. The quantitative estimate of drug-likeness (QED) is 0.783. The van der Waals surface area contributed by atoms with Gasteiger partial charge < -0.3 is 10.5 Å². The van der Waals surface area contributed by atoms with Crippen LogP contribution in [-0.2, 0) is 0 Å². The van der Waals surface area contributed by atoms with Crippen molar-refractivity contribution in [1.29, 1.82) is 0 Å². The van der Waals surface area contributed by atoms with E-state index in [1.54, 1.807) is 13.2 Å². The number of aromatic nitrogens is 3. The summed E-state index contributed by atoms with van der Waals surface area (Å²) in [6, 6.07) is 9.65. The Labute approximate surface area is 124 Å². The topological polar surface area (TPSA) is 66.0 Å². The Morgan fingerprint density at radius 2 is 2.00 bits per heavy atom. The standard InChI is InChI=1S/C14H13BrN4O/c1-8-3-4-9(15)11(7-8)19-13-10(17-14(19)16)5-6-12(18-13)20-2/h3-7H,1-2H3,(H2,16,17). The summed E-state index contributed by atoms with van der Waals surface area (Å²) >= 11 is 3.54. The van der Waals surface area contributed by atoms with E-state index in [1.165, 1.54) is 0 Å². The fraction of sp³-hybridized carbons (Fsp3) is 0.143. The molecule has 2 aromatic heterocycles. The van der Waals surface area contributed by atoms with E-state index in [1.807, 2.05) is 35.8 Å². The summed E-state index contributed by atoms with van der Waals surface area (Å²) in [5.74, 6) is 0.925. The van der Waals surface area contributed by atoms with Crippen LogP contribution in [0.2, 0.25) is 0 Å². The third kappa shape index (κ3) is 2.02. The first-order chi connectivity index (χ1) is 9.60. The van der Waals surface area contributed by atoms with Crippen molar-refractivity contribution in [2.75, 3.05) is 12.8 Å². The maximum atomic E-state index is 6.05. The Bertz CT molecular complexity index is 797. The summed E-state index contributed by atoms with van der Waals surface area (Å²) in [6.45, 7) is 2.03. The van der Waals surface area contributed by atoms with Crippen molar-refractivity contribution in [1.82, 2.24) is 14.5 Å². The number of pyridine rings is 1. The van der Waals surface area contributed by atoms with Crippen LogP contribution >= 0.6 is 15.9 Å². The fourth-order valence-electron chi connectivity index (χ4n) is 2.10. The second-order valence-electron chi connectivity index (χ2n) is 4.46. The van der Waals surface area contributed by atoms with E-state index in [9.17, 15) is 0 Å². The number of aryl methyl sites for hydroxylation is 1. The number of ether oxygens (including phenoxy) is 1. The number of anilines is 1. The van der Waals surface area contributed by atoms with Gasteiger partial charge in [-0.1, -0.05) is 6.07 Å². The van der Waals surface area contributed by atoms with Crippen LogP contribution in [0.15, 0.2) is 34.8 Å². The molecule has 2 N–H and O–H groups in total. The highest BCUT2D eigenvalue weighted by molar-refractivity contribution is 9.10. The molecule has 1 aromatic carbocycles. The zero-order valence-electron chi connectivity index (χ0n) is 11.1. The Morgan fingerprint density at radius 1 is 1.20 bits per heavy atom. The Kier molecular flexibility index (Phi) is 3.10. The maximum absolute atomic E-state index is 6.05. The molecule has 5 nitrogen and oxygen atoms in total. The predicted molar refractivity (Wildman–Crippen MR) is 82.3 cm³/mol. The molecule has 0 aliphatic heterocycles. The van der Waals surface area contributed by atoms with Gasteiger partial charge in [0.15, 0.2) is 5.65 Å². The lowest BCUT2D eigenvalue weighted by Gasteiger charge is -2.09. The van der Waals surface area contributed by atoms with Crippen LogP contribution in [0, 0.1) is 6.92 Å². The molecule has 3 aromatic rings. The van der Waals surface area contributed by atoms with Gasteiger partial charge in [-0.05, 0) is 46.6 Å². The van der Waals surface area contributed by atoms with Gasteiger partial charge in [-0.2, -0.15) is 4.98 Å². The molecule has 2 heterocycles. The van der Waals surface area contributed by atoms with E-state index >= 15 is 0 Å². The molecular formula is C14H13BrN4O. The van der Waals surface area contributed by atoms with Gasteiger partial charge >= 0.3 is 0 Å². The molecule has 0 amide bonds. The van der Waals surface area contributed by atoms with Crippen LogP contribution in [0.1, 0.15) is 5.56 Å². The normalized spacial score (nSPS) is 10.9. The summed E-state index contributed by atoms with van der Waals surface area (Å²) in [7, 11) is 1.58. The van der Waals surface area contributed by atoms with Gasteiger partial charge in [-0.15, -0.1) is 0 Å². The smallest absolute Gasteiger partial charge is 0.215 e. The summed E-state index contributed by atoms with van der Waals surface area (Å²) in [5, 5.41) is 0. The van der Waals surface area contributed by atoms with Crippen molar-refractivity contribution < 1.29 is 4.74 Å². The van der Waals surface area contributed by atoms with Crippen LogP contribution in [0.25, 0.3) is 16.9 Å². The van der Waals surface area contributed by atoms with Crippen molar-refractivity contribution in [2.24, 2.45) is 0 Å². The third-order valence-electron chi connectivity index (χ3n) is 3.06. The Morgan fingerprint density at radius 3 is 2.75 bits per heavy atom. The average Bonchev–Trinajstić information content (AvgIpc) is 2.76. The molecule has 0 aliphatic carbocycles. The highest BCUT2D eigenvalue weighted by atomic mass is 79.9. The van der Waals surface area contributed by atoms with Crippen LogP contribution in [0.4, 0.5) is 5.95 Å². The lowest BCUT2D eigenvalue weighted by Crippen LogP contribution is -2.03. The summed E-state index contributed by atoms with van der Waals surface area (Å²) in [6.07, 6.45) is 0. The molecular weight excluding hydrogens is 320 g/mol. The number of hydrogen-bond donors (Lipinski definition) is 1. The van der Waals surface area contributed by atoms with Crippen LogP contribution in [0.5, 0.6) is 5.88 Å². The molecule has 6 heteroatoms. The fourth-order valence-corrected chi connectivity index (χ4v) is 2.53. The molecule has 0 unspecified atom stereocenters. The molecule has 0 saturated heterocycles. The minimum atomic E-state index is 0.395. The molecule has 0 atom stereocenters. The monoisotopic (exact) mass is 332 g/mol. The third-order valence-corrected chi connectivity index (χ3v) is 3.73. The van der Waals surface area contributed by atoms with E-state index in [-0.39, 0.29) is 0 Å². The first-order valence-electron chi connectivity index (χ1n) is 6.05. The van der Waals surface area contributed by atoms with Crippen molar-refractivity contribution in [2.45, 2.75) is 6.92 Å². The van der Waals surface area contributed by atoms with Gasteiger partial charge in [-0.25, -0.2) is 4.98 Å². The number of halogens is 1. The van der Waals surface area contributed by atoms with Crippen LogP contribution < -0.4 is 10.5 Å². The molecule has 0 aliphatic rings. The molecule has 0 fully saturated rings. The van der Waals surface area contributed by atoms with Crippen molar-refractivity contribution in [3.05, 3.63) is 40.4 Å². The van der Waals surface area contributed by atoms with Gasteiger partial charge in [0, 0.05) is 10.5 Å². The van der Waals surface area contributed by atoms with E-state index in [4.69, 9.17) is 10.5 Å². The van der Waals surface area contributed by atoms with Gasteiger partial charge in [0.25, 0.3) is 0 Å². The van der Waals surface area contributed by atoms with Crippen LogP contribution in [0.3, 0.4) is 0 Å². The Balaban J connectivity index is 2.34. The molecule has 0 bridgehead atoms. The second-order valence-corrected chi connectivity index (χ2v) is 5.31. The number of methoxy groups -OCH3 is 1. The summed E-state index contributed by atoms with van der Waals surface area (Å²) in [5.41, 5.74) is 9.49. The number of benzene rings is 1. The van der Waals surface area contributed by atoms with E-state index in [0.717, 1.165) is 21.2 Å². The van der Waals surface area contributed by atoms with Gasteiger partial charge in [0.1, 0.15) is 5.52 Å². The van der Waals surface area contributed by atoms with E-state index in [0.29, 0.717) is 17.5 Å². The lowest BCUT2D eigenvalue weighted by molar-refractivity contribution is 0.399. The van der Waals surface area contributed by atoms with Crippen molar-refractivity contribution in [3.63, 3.8) is 0 Å². The first kappa shape index (κ1) is 12.9. The molecule has 0 spiro atoms. The lowest BCUT2D eigenvalue weighted by atomic mass is 10.2. The largest absolute Gasteiger partial charge is 0.481 e. The highest BCUT2D eigenvalue weighted by Gasteiger charge is 2.14. The first-order valence-corrected chi connectivity index (χ1v) is 6.85. The highest BCUT2D eigenvalue weighted by Crippen LogP contribution is 2.29. The zero-order chi connectivity index (χ0) is 14.3. The molecule has 0 saturated carbocycles. The maximum Gasteiger partial charge on any atom is 0.215 e. The second kappa shape index (κ2) is 4.79. The molecule has 20 heavy (non-hydrogen) atoms. The van der Waals surface area contributed by atoms with Gasteiger partial charge in [0.05, 0.1) is 12.8 Å². The van der Waals surface area contributed by atoms with E-state index < -0.39 is 0 Å². The van der Waals surface area contributed by atoms with Crippen molar-refractivity contribution in [3.8, 4) is 11.6 Å². The minimum Gasteiger partial charge on any atom is -0.481 e. The molecule has 102 valence electrons. The van der Waals surface area contributed by atoms with E-state index in [2.05, 4.69) is 25.9 Å². The molecule has 0 radical (unpaired) electrons. The summed E-state index contributed by atoms with van der Waals surface area (Å²) < 4.78 is 7.92. The number of nitrogen functional groups attached to an aromatic ring is 1. The number of imidazole rings is 1. The van der Waals surface area contributed by atoms with Gasteiger partial charge in [-0.3, -0.25) is 4.57 Å². The van der Waals surface area contributed by atoms with Crippen LogP contribution in [-0.4, -0.2) is 21.6 Å². The van der Waals surface area contributed by atoms with Crippen molar-refractivity contribution >= 4 is 33.0 Å². The number of rotatable bonds is 2.